The third-order valence-electron chi connectivity index (χ3n) is 9.71. The molecule has 1 fully saturated rings. The predicted octanol–water partition coefficient (Wildman–Crippen LogP) is 3.93. The normalized spacial score (nSPS) is 19.1. The molecule has 0 saturated carbocycles. The van der Waals surface area contributed by atoms with Crippen LogP contribution in [0, 0.1) is 5.92 Å². The number of nitrogens with two attached hydrogens (primary N) is 1. The first kappa shape index (κ1) is 47.9. The van der Waals surface area contributed by atoms with Crippen LogP contribution in [-0.4, -0.2) is 113 Å². The van der Waals surface area contributed by atoms with Gasteiger partial charge in [0.15, 0.2) is 12.4 Å². The molecule has 17 heteroatoms. The van der Waals surface area contributed by atoms with Crippen LogP contribution in [0.25, 0.3) is 0 Å². The zero-order valence-corrected chi connectivity index (χ0v) is 35.1. The van der Waals surface area contributed by atoms with Gasteiger partial charge in [0.1, 0.15) is 48.6 Å². The molecule has 1 aliphatic heterocycles. The number of carbonyl (C=O) groups excluding carboxylic acids is 5. The molecule has 1 heterocycles. The molecule has 6 atom stereocenters. The molecule has 3 aromatic rings. The Balaban J connectivity index is 1.30. The molecule has 17 nitrogen and oxygen atoms in total. The van der Waals surface area contributed by atoms with Crippen LogP contribution in [-0.2, 0) is 57.9 Å². The number of aliphatic hydroxyl groups excluding tert-OH is 1. The molecule has 2 amide bonds. The smallest absolute Gasteiger partial charge is 0.407 e. The molecule has 3 aromatic carbocycles. The Morgan fingerprint density at radius 2 is 1.31 bits per heavy atom. The highest BCUT2D eigenvalue weighted by molar-refractivity contribution is 5.74. The average Bonchev–Trinajstić information content (AvgIpc) is 3.24. The largest absolute Gasteiger partial charge is 0.497 e. The van der Waals surface area contributed by atoms with Crippen molar-refractivity contribution in [1.82, 2.24) is 5.32 Å². The van der Waals surface area contributed by atoms with E-state index in [4.69, 9.17) is 48.4 Å². The van der Waals surface area contributed by atoms with Crippen molar-refractivity contribution in [2.24, 2.45) is 11.7 Å². The van der Waals surface area contributed by atoms with Crippen molar-refractivity contribution >= 4 is 29.9 Å². The number of aliphatic hydroxyl groups is 1. The van der Waals surface area contributed by atoms with Crippen molar-refractivity contribution in [3.8, 4) is 11.5 Å². The summed E-state index contributed by atoms with van der Waals surface area (Å²) in [5.74, 6) is -2.40. The fourth-order valence-corrected chi connectivity index (χ4v) is 6.94. The topological polar surface area (TPSA) is 227 Å². The first-order valence-corrected chi connectivity index (χ1v) is 19.9. The number of esters is 3. The predicted molar refractivity (Wildman–Crippen MR) is 217 cm³/mol. The summed E-state index contributed by atoms with van der Waals surface area (Å²) in [6, 6.07) is 24.5. The monoisotopic (exact) mass is 852 g/mol. The number of ether oxygens (including phenoxy) is 9. The number of amides is 2. The van der Waals surface area contributed by atoms with Gasteiger partial charge in [0.2, 0.25) is 5.91 Å². The molecule has 332 valence electrons. The minimum atomic E-state index is -1.22. The highest BCUT2D eigenvalue weighted by Gasteiger charge is 2.51. The Morgan fingerprint density at radius 1 is 0.738 bits per heavy atom. The lowest BCUT2D eigenvalue weighted by Crippen LogP contribution is -2.59. The number of benzene rings is 3. The number of nitrogens with one attached hydrogen (secondary N) is 1. The number of hydrogen-bond donors (Lipinski definition) is 3. The second-order valence-electron chi connectivity index (χ2n) is 14.3. The summed E-state index contributed by atoms with van der Waals surface area (Å²) < 4.78 is 50.8. The molecule has 1 saturated heterocycles. The van der Waals surface area contributed by atoms with Gasteiger partial charge in [-0.05, 0) is 60.2 Å². The summed E-state index contributed by atoms with van der Waals surface area (Å²) in [6.07, 6.45) is -5.26. The van der Waals surface area contributed by atoms with Crippen molar-refractivity contribution < 1.29 is 71.7 Å². The maximum atomic E-state index is 12.6. The Kier molecular flexibility index (Phi) is 18.8. The quantitative estimate of drug-likeness (QED) is 0.0532. The first-order chi connectivity index (χ1) is 29.3. The fraction of sp³-hybridized carbons (Fsp3) is 0.477. The van der Waals surface area contributed by atoms with Gasteiger partial charge >= 0.3 is 24.0 Å². The summed E-state index contributed by atoms with van der Waals surface area (Å²) in [5, 5.41) is 13.7. The fourth-order valence-electron chi connectivity index (χ4n) is 6.94. The Bertz CT molecular complexity index is 1810. The number of alkyl carbamates (subject to hydrolysis) is 1. The van der Waals surface area contributed by atoms with Gasteiger partial charge in [0.05, 0.1) is 26.7 Å². The Labute approximate surface area is 355 Å². The van der Waals surface area contributed by atoms with Gasteiger partial charge in [-0.1, -0.05) is 54.6 Å². The number of carbonyl (C=O) groups is 5. The lowest BCUT2D eigenvalue weighted by Gasteiger charge is -2.44. The second-order valence-corrected chi connectivity index (χ2v) is 14.3. The van der Waals surface area contributed by atoms with Crippen LogP contribution < -0.4 is 20.5 Å². The molecule has 0 spiro atoms. The molecule has 0 bridgehead atoms. The summed E-state index contributed by atoms with van der Waals surface area (Å²) in [6.45, 7) is 3.00. The van der Waals surface area contributed by atoms with E-state index in [1.165, 1.54) is 6.92 Å². The Hall–Kier alpha value is -5.75. The van der Waals surface area contributed by atoms with Crippen LogP contribution in [0.15, 0.2) is 78.9 Å². The number of rotatable bonds is 23. The average molecular weight is 853 g/mol. The van der Waals surface area contributed by atoms with Gasteiger partial charge in [-0.15, -0.1) is 0 Å². The van der Waals surface area contributed by atoms with Gasteiger partial charge in [0.25, 0.3) is 0 Å². The van der Waals surface area contributed by atoms with Gasteiger partial charge in [0, 0.05) is 40.3 Å². The molecule has 0 aromatic heterocycles. The van der Waals surface area contributed by atoms with E-state index in [9.17, 15) is 29.1 Å². The third kappa shape index (κ3) is 14.2. The maximum Gasteiger partial charge on any atom is 0.407 e. The Morgan fingerprint density at radius 3 is 1.85 bits per heavy atom. The first-order valence-electron chi connectivity index (χ1n) is 19.9. The zero-order valence-electron chi connectivity index (χ0n) is 35.1. The highest BCUT2D eigenvalue weighted by Crippen LogP contribution is 2.42. The van der Waals surface area contributed by atoms with Crippen molar-refractivity contribution in [2.45, 2.75) is 82.8 Å². The lowest BCUT2D eigenvalue weighted by atomic mass is 9.80. The minimum Gasteiger partial charge on any atom is -0.497 e. The van der Waals surface area contributed by atoms with Gasteiger partial charge < -0.3 is 58.8 Å². The molecule has 4 rings (SSSR count). The summed E-state index contributed by atoms with van der Waals surface area (Å²) in [4.78, 5) is 60.3. The van der Waals surface area contributed by atoms with E-state index in [-0.39, 0.29) is 39.4 Å². The molecule has 0 aliphatic carbocycles. The molecular weight excluding hydrogens is 796 g/mol. The molecular formula is C44H56N2O15. The van der Waals surface area contributed by atoms with Crippen LogP contribution in [0.1, 0.15) is 63.1 Å². The third-order valence-corrected chi connectivity index (χ3v) is 9.71. The zero-order chi connectivity index (χ0) is 44.4. The van der Waals surface area contributed by atoms with Crippen molar-refractivity contribution in [3.63, 3.8) is 0 Å². The van der Waals surface area contributed by atoms with Crippen LogP contribution in [0.2, 0.25) is 0 Å². The standard InChI is InChI=1S/C44H56N2O15/c1-28(47)56-27-38-41(60-30(3)49)40(59-29(2)48)37(24-39(45)51)42(61-38)55-23-11-7-10-22-46-43(52)57-25-34(50)26-58-44(31-12-8-6-9-13-31,32-14-18-35(53-4)19-15-32)33-16-20-36(54-5)21-17-33/h6,8-9,12-21,34,37-38,40-42,50H,7,10-11,22-27H2,1-5H3,(H2,45,51)(H,46,52)/t34-,37-,38-,40-,41+,42-/m1/s1. The summed E-state index contributed by atoms with van der Waals surface area (Å²) in [5.41, 5.74) is 6.70. The van der Waals surface area contributed by atoms with E-state index in [0.717, 1.165) is 30.5 Å². The van der Waals surface area contributed by atoms with Crippen LogP contribution in [0.5, 0.6) is 11.5 Å². The van der Waals surface area contributed by atoms with E-state index in [1.54, 1.807) is 14.2 Å². The molecule has 4 N–H and O–H groups in total. The molecule has 0 unspecified atom stereocenters. The van der Waals surface area contributed by atoms with E-state index >= 15 is 0 Å². The van der Waals surface area contributed by atoms with E-state index in [2.05, 4.69) is 5.32 Å². The second kappa shape index (κ2) is 23.9. The van der Waals surface area contributed by atoms with Gasteiger partial charge in [-0.25, -0.2) is 4.79 Å². The summed E-state index contributed by atoms with van der Waals surface area (Å²) in [7, 11) is 3.17. The van der Waals surface area contributed by atoms with E-state index in [1.807, 2.05) is 78.9 Å². The van der Waals surface area contributed by atoms with Crippen LogP contribution in [0.3, 0.4) is 0 Å². The number of methoxy groups -OCH3 is 2. The SMILES string of the molecule is COc1ccc(C(OC[C@H](O)COC(=O)NCCCCCO[C@@H]2O[C@H](COC(C)=O)[C@H](OC(C)=O)[C@H](OC(C)=O)[C@H]2CC(N)=O)(c2ccccc2)c2ccc(OC)cc2)cc1. The van der Waals surface area contributed by atoms with Crippen LogP contribution >= 0.6 is 0 Å². The van der Waals surface area contributed by atoms with E-state index < -0.39 is 72.1 Å². The highest BCUT2D eigenvalue weighted by atomic mass is 16.7. The number of primary amides is 1. The van der Waals surface area contributed by atoms with Crippen molar-refractivity contribution in [1.29, 1.82) is 0 Å². The lowest BCUT2D eigenvalue weighted by molar-refractivity contribution is -0.291. The van der Waals surface area contributed by atoms with Crippen molar-refractivity contribution in [3.05, 3.63) is 95.6 Å². The number of hydrogen-bond acceptors (Lipinski definition) is 15. The van der Waals surface area contributed by atoms with E-state index in [0.29, 0.717) is 30.8 Å². The van der Waals surface area contributed by atoms with Crippen molar-refractivity contribution in [2.75, 3.05) is 47.2 Å². The molecule has 0 radical (unpaired) electrons. The van der Waals surface area contributed by atoms with Gasteiger partial charge in [-0.3, -0.25) is 19.2 Å². The molecule has 1 aliphatic rings. The molecule has 61 heavy (non-hydrogen) atoms. The number of unbranched alkanes of at least 4 members (excludes halogenated alkanes) is 2. The van der Waals surface area contributed by atoms with Crippen LogP contribution in [0.4, 0.5) is 4.79 Å². The van der Waals surface area contributed by atoms with Gasteiger partial charge in [-0.2, -0.15) is 0 Å². The summed E-state index contributed by atoms with van der Waals surface area (Å²) >= 11 is 0. The maximum absolute atomic E-state index is 12.6. The minimum absolute atomic E-state index is 0.124.